The molecule has 1 N–H and O–H groups in total. The van der Waals surface area contributed by atoms with Crippen molar-refractivity contribution < 1.29 is 18.0 Å². The van der Waals surface area contributed by atoms with Gasteiger partial charge < -0.3 is 0 Å². The Labute approximate surface area is 118 Å². The number of hydrazone groups is 1. The SMILES string of the molecule is O=C(N/N=C\c1cccc(C(F)(F)F)c1)c1ccccn1. The maximum Gasteiger partial charge on any atom is 0.416 e. The van der Waals surface area contributed by atoms with Gasteiger partial charge in [-0.3, -0.25) is 9.78 Å². The molecule has 21 heavy (non-hydrogen) atoms. The minimum absolute atomic E-state index is 0.165. The monoisotopic (exact) mass is 293 g/mol. The van der Waals surface area contributed by atoms with E-state index in [0.29, 0.717) is 0 Å². The zero-order valence-electron chi connectivity index (χ0n) is 10.6. The van der Waals surface area contributed by atoms with E-state index in [1.165, 1.54) is 24.4 Å². The van der Waals surface area contributed by atoms with E-state index in [1.54, 1.807) is 12.1 Å². The Hall–Kier alpha value is -2.70. The lowest BCUT2D eigenvalue weighted by atomic mass is 10.1. The van der Waals surface area contributed by atoms with Crippen LogP contribution in [0.3, 0.4) is 0 Å². The molecule has 2 rings (SSSR count). The molecule has 4 nitrogen and oxygen atoms in total. The predicted molar refractivity (Wildman–Crippen MR) is 70.7 cm³/mol. The standard InChI is InChI=1S/C14H10F3N3O/c15-14(16,17)11-5-3-4-10(8-11)9-19-20-13(21)12-6-1-2-7-18-12/h1-9H,(H,20,21)/b19-9-. The van der Waals surface area contributed by atoms with Crippen molar-refractivity contribution in [3.05, 3.63) is 65.5 Å². The predicted octanol–water partition coefficient (Wildman–Crippen LogP) is 2.86. The van der Waals surface area contributed by atoms with Gasteiger partial charge >= 0.3 is 6.18 Å². The van der Waals surface area contributed by atoms with E-state index in [0.717, 1.165) is 18.3 Å². The quantitative estimate of drug-likeness (QED) is 0.699. The van der Waals surface area contributed by atoms with Crippen LogP contribution in [0.4, 0.5) is 13.2 Å². The first-order valence-corrected chi connectivity index (χ1v) is 5.88. The van der Waals surface area contributed by atoms with Crippen molar-refractivity contribution >= 4 is 12.1 Å². The van der Waals surface area contributed by atoms with E-state index in [9.17, 15) is 18.0 Å². The number of nitrogens with one attached hydrogen (secondary N) is 1. The van der Waals surface area contributed by atoms with Crippen LogP contribution in [0.15, 0.2) is 53.8 Å². The molecule has 0 atom stereocenters. The Balaban J connectivity index is 2.04. The molecule has 0 aliphatic carbocycles. The normalized spacial score (nSPS) is 11.6. The van der Waals surface area contributed by atoms with E-state index in [2.05, 4.69) is 15.5 Å². The summed E-state index contributed by atoms with van der Waals surface area (Å²) in [7, 11) is 0. The highest BCUT2D eigenvalue weighted by atomic mass is 19.4. The number of aromatic nitrogens is 1. The Morgan fingerprint density at radius 1 is 1.19 bits per heavy atom. The summed E-state index contributed by atoms with van der Waals surface area (Å²) < 4.78 is 37.6. The number of benzene rings is 1. The molecule has 1 amide bonds. The lowest BCUT2D eigenvalue weighted by Crippen LogP contribution is -2.18. The molecule has 0 aliphatic heterocycles. The van der Waals surface area contributed by atoms with Gasteiger partial charge in [0.1, 0.15) is 5.69 Å². The fourth-order valence-corrected chi connectivity index (χ4v) is 1.52. The maximum atomic E-state index is 12.5. The second-order valence-electron chi connectivity index (χ2n) is 4.04. The summed E-state index contributed by atoms with van der Waals surface area (Å²) in [6.07, 6.45) is -1.83. The third-order valence-electron chi connectivity index (χ3n) is 2.49. The molecule has 0 saturated carbocycles. The topological polar surface area (TPSA) is 54.4 Å². The number of amides is 1. The van der Waals surface area contributed by atoms with Gasteiger partial charge in [-0.1, -0.05) is 18.2 Å². The van der Waals surface area contributed by atoms with Crippen molar-refractivity contribution in [2.75, 3.05) is 0 Å². The average Bonchev–Trinajstić information content (AvgIpc) is 2.47. The third-order valence-corrected chi connectivity index (χ3v) is 2.49. The van der Waals surface area contributed by atoms with E-state index < -0.39 is 17.6 Å². The molecule has 0 spiro atoms. The van der Waals surface area contributed by atoms with Gasteiger partial charge in [0.15, 0.2) is 0 Å². The van der Waals surface area contributed by atoms with Gasteiger partial charge in [-0.05, 0) is 29.8 Å². The smallest absolute Gasteiger partial charge is 0.266 e. The summed E-state index contributed by atoms with van der Waals surface area (Å²) in [5.74, 6) is -0.543. The highest BCUT2D eigenvalue weighted by Gasteiger charge is 2.30. The van der Waals surface area contributed by atoms with E-state index in [1.807, 2.05) is 0 Å². The van der Waals surface area contributed by atoms with Crippen molar-refractivity contribution in [2.45, 2.75) is 6.18 Å². The number of alkyl halides is 3. The number of rotatable bonds is 3. The van der Waals surface area contributed by atoms with E-state index in [4.69, 9.17) is 0 Å². The lowest BCUT2D eigenvalue weighted by molar-refractivity contribution is -0.137. The summed E-state index contributed by atoms with van der Waals surface area (Å²) in [5, 5.41) is 3.61. The van der Waals surface area contributed by atoms with Gasteiger partial charge in [0.2, 0.25) is 0 Å². The van der Waals surface area contributed by atoms with Crippen LogP contribution in [0.2, 0.25) is 0 Å². The fraction of sp³-hybridized carbons (Fsp3) is 0.0714. The minimum Gasteiger partial charge on any atom is -0.266 e. The summed E-state index contributed by atoms with van der Waals surface area (Å²) in [6.45, 7) is 0. The number of hydrogen-bond acceptors (Lipinski definition) is 3. The van der Waals surface area contributed by atoms with Gasteiger partial charge in [0.25, 0.3) is 5.91 Å². The van der Waals surface area contributed by atoms with Crippen molar-refractivity contribution in [3.63, 3.8) is 0 Å². The average molecular weight is 293 g/mol. The first kappa shape index (κ1) is 14.7. The summed E-state index contributed by atoms with van der Waals surface area (Å²) in [4.78, 5) is 15.4. The van der Waals surface area contributed by atoms with Crippen LogP contribution in [-0.2, 0) is 6.18 Å². The molecule has 0 radical (unpaired) electrons. The fourth-order valence-electron chi connectivity index (χ4n) is 1.52. The molecular formula is C14H10F3N3O. The summed E-state index contributed by atoms with van der Waals surface area (Å²) in [6, 6.07) is 9.41. The van der Waals surface area contributed by atoms with Crippen LogP contribution in [0.25, 0.3) is 0 Å². The number of halogens is 3. The molecule has 2 aromatic rings. The maximum absolute atomic E-state index is 12.5. The Morgan fingerprint density at radius 2 is 2.00 bits per heavy atom. The van der Waals surface area contributed by atoms with E-state index >= 15 is 0 Å². The summed E-state index contributed by atoms with van der Waals surface area (Å²) >= 11 is 0. The molecular weight excluding hydrogens is 283 g/mol. The highest BCUT2D eigenvalue weighted by molar-refractivity contribution is 5.93. The largest absolute Gasteiger partial charge is 0.416 e. The highest BCUT2D eigenvalue weighted by Crippen LogP contribution is 2.29. The Morgan fingerprint density at radius 3 is 2.67 bits per heavy atom. The van der Waals surface area contributed by atoms with Crippen LogP contribution in [0.1, 0.15) is 21.6 Å². The van der Waals surface area contributed by atoms with Gasteiger partial charge in [0, 0.05) is 6.20 Å². The van der Waals surface area contributed by atoms with Crippen LogP contribution >= 0.6 is 0 Å². The minimum atomic E-state index is -4.42. The van der Waals surface area contributed by atoms with Crippen LogP contribution in [0.5, 0.6) is 0 Å². The van der Waals surface area contributed by atoms with E-state index in [-0.39, 0.29) is 11.3 Å². The van der Waals surface area contributed by atoms with Crippen molar-refractivity contribution in [1.29, 1.82) is 0 Å². The molecule has 1 aromatic heterocycles. The van der Waals surface area contributed by atoms with Crippen LogP contribution in [-0.4, -0.2) is 17.1 Å². The number of carbonyl (C=O) groups is 1. The molecule has 1 heterocycles. The molecule has 108 valence electrons. The van der Waals surface area contributed by atoms with Crippen LogP contribution < -0.4 is 5.43 Å². The zero-order chi connectivity index (χ0) is 15.3. The molecule has 7 heteroatoms. The first-order valence-electron chi connectivity index (χ1n) is 5.88. The molecule has 0 fully saturated rings. The number of carbonyl (C=O) groups excluding carboxylic acids is 1. The molecule has 0 bridgehead atoms. The Bertz CT molecular complexity index is 654. The third kappa shape index (κ3) is 4.13. The van der Waals surface area contributed by atoms with Gasteiger partial charge in [-0.15, -0.1) is 0 Å². The number of hydrogen-bond donors (Lipinski definition) is 1. The second kappa shape index (κ2) is 6.17. The second-order valence-corrected chi connectivity index (χ2v) is 4.04. The van der Waals surface area contributed by atoms with Gasteiger partial charge in [-0.25, -0.2) is 5.43 Å². The zero-order valence-corrected chi connectivity index (χ0v) is 10.6. The van der Waals surface area contributed by atoms with Crippen molar-refractivity contribution in [1.82, 2.24) is 10.4 Å². The first-order chi connectivity index (χ1) is 9.97. The summed E-state index contributed by atoms with van der Waals surface area (Å²) in [5.41, 5.74) is 1.81. The Kier molecular flexibility index (Phi) is 4.32. The molecule has 1 aromatic carbocycles. The van der Waals surface area contributed by atoms with Crippen molar-refractivity contribution in [2.24, 2.45) is 5.10 Å². The lowest BCUT2D eigenvalue weighted by Gasteiger charge is -2.06. The van der Waals surface area contributed by atoms with Crippen LogP contribution in [0, 0.1) is 0 Å². The van der Waals surface area contributed by atoms with Gasteiger partial charge in [-0.2, -0.15) is 18.3 Å². The van der Waals surface area contributed by atoms with Gasteiger partial charge in [0.05, 0.1) is 11.8 Å². The molecule has 0 saturated heterocycles. The number of nitrogens with zero attached hydrogens (tertiary/aromatic N) is 2. The molecule has 0 aliphatic rings. The number of pyridine rings is 1. The van der Waals surface area contributed by atoms with Crippen molar-refractivity contribution in [3.8, 4) is 0 Å². The molecule has 0 unspecified atom stereocenters.